The second-order valence-corrected chi connectivity index (χ2v) is 6.51. The molecule has 2 rings (SSSR count). The second-order valence-electron chi connectivity index (χ2n) is 4.42. The Morgan fingerprint density at radius 1 is 1.18 bits per heavy atom. The maximum absolute atomic E-state index is 11.9. The zero-order valence-electron chi connectivity index (χ0n) is 9.59. The lowest BCUT2D eigenvalue weighted by Crippen LogP contribution is -2.44. The van der Waals surface area contributed by atoms with E-state index in [9.17, 15) is 18.0 Å². The number of amides is 1. The maximum Gasteiger partial charge on any atom is 0.237 e. The summed E-state index contributed by atoms with van der Waals surface area (Å²) < 4.78 is 24.3. The van der Waals surface area contributed by atoms with E-state index in [1.165, 1.54) is 4.31 Å². The molecule has 7 heteroatoms. The summed E-state index contributed by atoms with van der Waals surface area (Å²) in [7, 11) is -3.21. The molecular weight excluding hydrogens is 244 g/mol. The Labute approximate surface area is 101 Å². The molecule has 0 atom stereocenters. The number of nitrogens with zero attached hydrogens (tertiary/aromatic N) is 2. The predicted octanol–water partition coefficient (Wildman–Crippen LogP) is -0.787. The third kappa shape index (κ3) is 2.84. The van der Waals surface area contributed by atoms with Crippen LogP contribution in [-0.2, 0) is 19.6 Å². The number of hydrogen-bond donors (Lipinski definition) is 0. The van der Waals surface area contributed by atoms with Crippen molar-refractivity contribution >= 4 is 21.7 Å². The zero-order chi connectivity index (χ0) is 12.5. The van der Waals surface area contributed by atoms with Gasteiger partial charge in [0.15, 0.2) is 0 Å². The van der Waals surface area contributed by atoms with E-state index < -0.39 is 10.0 Å². The molecule has 2 aliphatic rings. The van der Waals surface area contributed by atoms with E-state index in [4.69, 9.17) is 0 Å². The van der Waals surface area contributed by atoms with Gasteiger partial charge in [0.25, 0.3) is 0 Å². The summed E-state index contributed by atoms with van der Waals surface area (Å²) in [5.74, 6) is 0.115. The number of piperidine rings is 1. The molecule has 0 aromatic rings. The number of ketones is 1. The first-order chi connectivity index (χ1) is 7.99. The number of rotatable bonds is 2. The van der Waals surface area contributed by atoms with Gasteiger partial charge in [-0.15, -0.1) is 0 Å². The Morgan fingerprint density at radius 3 is 2.35 bits per heavy atom. The van der Waals surface area contributed by atoms with Crippen LogP contribution in [-0.4, -0.2) is 61.2 Å². The van der Waals surface area contributed by atoms with Crippen LogP contribution in [0, 0.1) is 0 Å². The third-order valence-corrected chi connectivity index (χ3v) is 5.09. The van der Waals surface area contributed by atoms with E-state index in [0.29, 0.717) is 38.9 Å². The Kier molecular flexibility index (Phi) is 3.48. The van der Waals surface area contributed by atoms with Gasteiger partial charge in [-0.2, -0.15) is 4.31 Å². The van der Waals surface area contributed by atoms with Crippen LogP contribution in [0.4, 0.5) is 0 Å². The molecular formula is C10H16N2O4S. The van der Waals surface area contributed by atoms with Crippen LogP contribution in [0.2, 0.25) is 0 Å². The summed E-state index contributed by atoms with van der Waals surface area (Å²) in [5.41, 5.74) is 0. The van der Waals surface area contributed by atoms with E-state index in [2.05, 4.69) is 0 Å². The van der Waals surface area contributed by atoms with E-state index in [1.54, 1.807) is 4.90 Å². The van der Waals surface area contributed by atoms with Crippen molar-refractivity contribution in [3.05, 3.63) is 0 Å². The highest BCUT2D eigenvalue weighted by Crippen LogP contribution is 2.14. The average molecular weight is 260 g/mol. The first kappa shape index (κ1) is 12.5. The van der Waals surface area contributed by atoms with Crippen LogP contribution < -0.4 is 0 Å². The Balaban J connectivity index is 1.91. The molecule has 0 spiro atoms. The SMILES string of the molecule is O=C1CCN(C(=O)CN2CCCS2(=O)=O)CC1. The summed E-state index contributed by atoms with van der Waals surface area (Å²) >= 11 is 0. The standard InChI is InChI=1S/C10H16N2O4S/c13-9-2-5-11(6-3-9)10(14)8-12-4-1-7-17(12,15)16/h1-8H2. The third-order valence-electron chi connectivity index (χ3n) is 3.19. The van der Waals surface area contributed by atoms with Gasteiger partial charge in [-0.05, 0) is 6.42 Å². The summed E-state index contributed by atoms with van der Waals surface area (Å²) in [6.45, 7) is 1.20. The number of Topliss-reactive ketones (excluding diaryl/α,β-unsaturated/α-hetero) is 1. The van der Waals surface area contributed by atoms with Crippen molar-refractivity contribution in [3.8, 4) is 0 Å². The monoisotopic (exact) mass is 260 g/mol. The largest absolute Gasteiger partial charge is 0.341 e. The summed E-state index contributed by atoms with van der Waals surface area (Å²) in [6.07, 6.45) is 1.37. The molecule has 2 fully saturated rings. The fourth-order valence-corrected chi connectivity index (χ4v) is 3.59. The number of carbonyl (C=O) groups excluding carboxylic acids is 2. The number of sulfonamides is 1. The van der Waals surface area contributed by atoms with Crippen molar-refractivity contribution in [2.45, 2.75) is 19.3 Å². The van der Waals surface area contributed by atoms with E-state index in [1.807, 2.05) is 0 Å². The zero-order valence-corrected chi connectivity index (χ0v) is 10.4. The Hall–Kier alpha value is -0.950. The molecule has 17 heavy (non-hydrogen) atoms. The molecule has 96 valence electrons. The molecule has 2 heterocycles. The van der Waals surface area contributed by atoms with Gasteiger partial charge < -0.3 is 4.90 Å². The number of hydrogen-bond acceptors (Lipinski definition) is 4. The maximum atomic E-state index is 11.9. The van der Waals surface area contributed by atoms with Crippen LogP contribution in [0.15, 0.2) is 0 Å². The van der Waals surface area contributed by atoms with E-state index in [0.717, 1.165) is 0 Å². The number of carbonyl (C=O) groups is 2. The smallest absolute Gasteiger partial charge is 0.237 e. The fraction of sp³-hybridized carbons (Fsp3) is 0.800. The molecule has 0 bridgehead atoms. The van der Waals surface area contributed by atoms with Crippen molar-refractivity contribution in [2.75, 3.05) is 31.9 Å². The Bertz CT molecular complexity index is 422. The van der Waals surface area contributed by atoms with Crippen LogP contribution in [0.5, 0.6) is 0 Å². The molecule has 1 amide bonds. The van der Waals surface area contributed by atoms with Gasteiger partial charge >= 0.3 is 0 Å². The highest BCUT2D eigenvalue weighted by Gasteiger charge is 2.31. The fourth-order valence-electron chi connectivity index (χ4n) is 2.13. The van der Waals surface area contributed by atoms with Gasteiger partial charge in [-0.25, -0.2) is 8.42 Å². The average Bonchev–Trinajstić information content (AvgIpc) is 2.59. The minimum atomic E-state index is -3.21. The quantitative estimate of drug-likeness (QED) is 0.652. The lowest BCUT2D eigenvalue weighted by molar-refractivity contribution is -0.134. The van der Waals surface area contributed by atoms with Crippen LogP contribution >= 0.6 is 0 Å². The molecule has 0 aromatic heterocycles. The number of likely N-dealkylation sites (tertiary alicyclic amines) is 1. The highest BCUT2D eigenvalue weighted by molar-refractivity contribution is 7.89. The van der Waals surface area contributed by atoms with Crippen molar-refractivity contribution in [2.24, 2.45) is 0 Å². The molecule has 2 saturated heterocycles. The van der Waals surface area contributed by atoms with Crippen LogP contribution in [0.25, 0.3) is 0 Å². The normalized spacial score (nSPS) is 25.2. The molecule has 0 aromatic carbocycles. The molecule has 0 unspecified atom stereocenters. The van der Waals surface area contributed by atoms with E-state index in [-0.39, 0.29) is 24.0 Å². The lowest BCUT2D eigenvalue weighted by Gasteiger charge is -2.27. The molecule has 6 nitrogen and oxygen atoms in total. The topological polar surface area (TPSA) is 74.8 Å². The van der Waals surface area contributed by atoms with Crippen molar-refractivity contribution in [3.63, 3.8) is 0 Å². The van der Waals surface area contributed by atoms with Gasteiger partial charge in [0.2, 0.25) is 15.9 Å². The molecule has 0 saturated carbocycles. The first-order valence-electron chi connectivity index (χ1n) is 5.76. The lowest BCUT2D eigenvalue weighted by atomic mass is 10.1. The minimum absolute atomic E-state index is 0.0729. The second kappa shape index (κ2) is 4.73. The van der Waals surface area contributed by atoms with Crippen molar-refractivity contribution < 1.29 is 18.0 Å². The summed E-state index contributed by atoms with van der Waals surface area (Å²) in [4.78, 5) is 24.5. The van der Waals surface area contributed by atoms with Crippen LogP contribution in [0.3, 0.4) is 0 Å². The molecule has 0 N–H and O–H groups in total. The van der Waals surface area contributed by atoms with Crippen molar-refractivity contribution in [1.29, 1.82) is 0 Å². The van der Waals surface area contributed by atoms with Gasteiger partial charge in [-0.1, -0.05) is 0 Å². The molecule has 0 radical (unpaired) electrons. The van der Waals surface area contributed by atoms with Gasteiger partial charge in [0, 0.05) is 32.5 Å². The van der Waals surface area contributed by atoms with Gasteiger partial charge in [-0.3, -0.25) is 9.59 Å². The van der Waals surface area contributed by atoms with Gasteiger partial charge in [0.1, 0.15) is 5.78 Å². The Morgan fingerprint density at radius 2 is 1.82 bits per heavy atom. The first-order valence-corrected chi connectivity index (χ1v) is 7.37. The molecule has 0 aliphatic carbocycles. The van der Waals surface area contributed by atoms with Crippen LogP contribution in [0.1, 0.15) is 19.3 Å². The minimum Gasteiger partial charge on any atom is -0.341 e. The molecule has 2 aliphatic heterocycles. The van der Waals surface area contributed by atoms with E-state index >= 15 is 0 Å². The summed E-state index contributed by atoms with van der Waals surface area (Å²) in [5, 5.41) is 0. The highest BCUT2D eigenvalue weighted by atomic mass is 32.2. The van der Waals surface area contributed by atoms with Crippen molar-refractivity contribution in [1.82, 2.24) is 9.21 Å². The van der Waals surface area contributed by atoms with Gasteiger partial charge in [0.05, 0.1) is 12.3 Å². The summed E-state index contributed by atoms with van der Waals surface area (Å²) in [6, 6.07) is 0. The predicted molar refractivity (Wildman–Crippen MR) is 60.8 cm³/mol.